The second-order valence-electron chi connectivity index (χ2n) is 4.19. The lowest BCUT2D eigenvalue weighted by Gasteiger charge is -2.13. The molecule has 0 aliphatic rings. The summed E-state index contributed by atoms with van der Waals surface area (Å²) in [6.45, 7) is 3.59. The fourth-order valence-electron chi connectivity index (χ4n) is 1.80. The normalized spacial score (nSPS) is 10.2. The van der Waals surface area contributed by atoms with Crippen molar-refractivity contribution in [3.63, 3.8) is 0 Å². The van der Waals surface area contributed by atoms with Crippen molar-refractivity contribution in [1.29, 1.82) is 0 Å². The van der Waals surface area contributed by atoms with Gasteiger partial charge in [0, 0.05) is 6.54 Å². The summed E-state index contributed by atoms with van der Waals surface area (Å²) >= 11 is 0. The Morgan fingerprint density at radius 2 is 1.68 bits per heavy atom. The van der Waals surface area contributed by atoms with Crippen LogP contribution in [0.3, 0.4) is 0 Å². The molecule has 0 atom stereocenters. The molecular weight excluding hydrogens is 238 g/mol. The molecule has 0 saturated heterocycles. The fraction of sp³-hybridized carbons (Fsp3) is 0.250. The Labute approximate surface area is 114 Å². The first kappa shape index (κ1) is 13.4. The Kier molecular flexibility index (Phi) is 4.81. The minimum Gasteiger partial charge on any atom is -0.490 e. The van der Waals surface area contributed by atoms with Gasteiger partial charge in [0.05, 0.1) is 6.61 Å². The highest BCUT2D eigenvalue weighted by Crippen LogP contribution is 2.29. The zero-order chi connectivity index (χ0) is 13.5. The first-order valence-electron chi connectivity index (χ1n) is 6.46. The second kappa shape index (κ2) is 6.81. The highest BCUT2D eigenvalue weighted by atomic mass is 16.5. The van der Waals surface area contributed by atoms with E-state index in [1.165, 1.54) is 0 Å². The van der Waals surface area contributed by atoms with E-state index >= 15 is 0 Å². The summed E-state index contributed by atoms with van der Waals surface area (Å²) in [5, 5.41) is 0. The van der Waals surface area contributed by atoms with Crippen LogP contribution < -0.4 is 15.2 Å². The van der Waals surface area contributed by atoms with Gasteiger partial charge in [-0.2, -0.15) is 0 Å². The minimum absolute atomic E-state index is 0.494. The molecule has 3 nitrogen and oxygen atoms in total. The van der Waals surface area contributed by atoms with Gasteiger partial charge in [0.1, 0.15) is 6.61 Å². The van der Waals surface area contributed by atoms with Crippen molar-refractivity contribution in [1.82, 2.24) is 0 Å². The Morgan fingerprint density at radius 1 is 0.895 bits per heavy atom. The van der Waals surface area contributed by atoms with Crippen LogP contribution in [0.2, 0.25) is 0 Å². The van der Waals surface area contributed by atoms with Crippen molar-refractivity contribution in [3.05, 3.63) is 59.7 Å². The Morgan fingerprint density at radius 3 is 2.37 bits per heavy atom. The number of rotatable bonds is 6. The van der Waals surface area contributed by atoms with Crippen molar-refractivity contribution < 1.29 is 9.47 Å². The number of hydrogen-bond acceptors (Lipinski definition) is 3. The molecule has 0 radical (unpaired) electrons. The van der Waals surface area contributed by atoms with Gasteiger partial charge in [-0.1, -0.05) is 36.4 Å². The molecule has 0 saturated carbocycles. The molecule has 0 aliphatic heterocycles. The van der Waals surface area contributed by atoms with Crippen LogP contribution in [0.25, 0.3) is 0 Å². The number of benzene rings is 2. The predicted octanol–water partition coefficient (Wildman–Crippen LogP) is 3.12. The molecule has 0 bridgehead atoms. The lowest BCUT2D eigenvalue weighted by Crippen LogP contribution is -2.02. The summed E-state index contributed by atoms with van der Waals surface area (Å²) in [7, 11) is 0. The van der Waals surface area contributed by atoms with E-state index in [9.17, 15) is 0 Å². The average Bonchev–Trinajstić information content (AvgIpc) is 2.47. The van der Waals surface area contributed by atoms with Crippen molar-refractivity contribution in [3.8, 4) is 11.5 Å². The van der Waals surface area contributed by atoms with Crippen LogP contribution in [0.5, 0.6) is 11.5 Å². The van der Waals surface area contributed by atoms with Gasteiger partial charge in [0.25, 0.3) is 0 Å². The molecule has 2 aromatic rings. The first-order valence-corrected chi connectivity index (χ1v) is 6.46. The molecule has 0 aromatic heterocycles. The topological polar surface area (TPSA) is 44.5 Å². The first-order chi connectivity index (χ1) is 9.33. The molecule has 100 valence electrons. The van der Waals surface area contributed by atoms with E-state index in [0.29, 0.717) is 19.8 Å². The summed E-state index contributed by atoms with van der Waals surface area (Å²) in [6, 6.07) is 15.9. The van der Waals surface area contributed by atoms with Crippen molar-refractivity contribution in [2.24, 2.45) is 5.73 Å². The summed E-state index contributed by atoms with van der Waals surface area (Å²) in [4.78, 5) is 0. The van der Waals surface area contributed by atoms with Crippen LogP contribution in [-0.4, -0.2) is 6.61 Å². The molecular formula is C16H19NO2. The Balaban J connectivity index is 2.12. The van der Waals surface area contributed by atoms with E-state index in [4.69, 9.17) is 15.2 Å². The SMILES string of the molecule is CCOc1ccc(CN)cc1OCc1ccccc1. The largest absolute Gasteiger partial charge is 0.490 e. The van der Waals surface area contributed by atoms with Crippen LogP contribution in [0.1, 0.15) is 18.1 Å². The van der Waals surface area contributed by atoms with Gasteiger partial charge in [-0.05, 0) is 30.2 Å². The third kappa shape index (κ3) is 3.73. The molecule has 19 heavy (non-hydrogen) atoms. The predicted molar refractivity (Wildman–Crippen MR) is 76.3 cm³/mol. The Hall–Kier alpha value is -2.00. The zero-order valence-electron chi connectivity index (χ0n) is 11.1. The van der Waals surface area contributed by atoms with Gasteiger partial charge in [0.2, 0.25) is 0 Å². The molecule has 0 amide bonds. The van der Waals surface area contributed by atoms with E-state index in [1.807, 2.05) is 55.5 Å². The van der Waals surface area contributed by atoms with Crippen molar-refractivity contribution in [2.75, 3.05) is 6.61 Å². The lowest BCUT2D eigenvalue weighted by molar-refractivity contribution is 0.269. The highest BCUT2D eigenvalue weighted by Gasteiger charge is 2.06. The minimum atomic E-state index is 0.494. The van der Waals surface area contributed by atoms with Crippen LogP contribution in [0, 0.1) is 0 Å². The van der Waals surface area contributed by atoms with E-state index in [1.54, 1.807) is 0 Å². The van der Waals surface area contributed by atoms with Crippen molar-refractivity contribution in [2.45, 2.75) is 20.1 Å². The van der Waals surface area contributed by atoms with Gasteiger partial charge in [0.15, 0.2) is 11.5 Å². The van der Waals surface area contributed by atoms with E-state index in [0.717, 1.165) is 22.6 Å². The maximum Gasteiger partial charge on any atom is 0.162 e. The van der Waals surface area contributed by atoms with Crippen LogP contribution in [0.4, 0.5) is 0 Å². The van der Waals surface area contributed by atoms with Crippen LogP contribution >= 0.6 is 0 Å². The maximum absolute atomic E-state index is 5.84. The lowest BCUT2D eigenvalue weighted by atomic mass is 10.2. The number of ether oxygens (including phenoxy) is 2. The van der Waals surface area contributed by atoms with E-state index in [-0.39, 0.29) is 0 Å². The third-order valence-corrected chi connectivity index (χ3v) is 2.78. The molecule has 3 heteroatoms. The van der Waals surface area contributed by atoms with Crippen LogP contribution in [-0.2, 0) is 13.2 Å². The molecule has 2 aromatic carbocycles. The third-order valence-electron chi connectivity index (χ3n) is 2.78. The Bertz CT molecular complexity index is 511. The average molecular weight is 257 g/mol. The van der Waals surface area contributed by atoms with Gasteiger partial charge in [-0.3, -0.25) is 0 Å². The van der Waals surface area contributed by atoms with Gasteiger partial charge < -0.3 is 15.2 Å². The molecule has 0 unspecified atom stereocenters. The molecule has 2 rings (SSSR count). The molecule has 0 heterocycles. The number of nitrogens with two attached hydrogens (primary N) is 1. The second-order valence-corrected chi connectivity index (χ2v) is 4.19. The summed E-state index contributed by atoms with van der Waals surface area (Å²) in [5.74, 6) is 1.50. The van der Waals surface area contributed by atoms with Gasteiger partial charge in [-0.15, -0.1) is 0 Å². The summed E-state index contributed by atoms with van der Waals surface area (Å²) in [6.07, 6.45) is 0. The standard InChI is InChI=1S/C16H19NO2/c1-2-18-15-9-8-14(11-17)10-16(15)19-12-13-6-4-3-5-7-13/h3-10H,2,11-12,17H2,1H3. The molecule has 0 aliphatic carbocycles. The van der Waals surface area contributed by atoms with Gasteiger partial charge >= 0.3 is 0 Å². The van der Waals surface area contributed by atoms with Crippen LogP contribution in [0.15, 0.2) is 48.5 Å². The molecule has 0 fully saturated rings. The van der Waals surface area contributed by atoms with Crippen molar-refractivity contribution >= 4 is 0 Å². The molecule has 2 N–H and O–H groups in total. The summed E-state index contributed by atoms with van der Waals surface area (Å²) in [5.41, 5.74) is 7.82. The van der Waals surface area contributed by atoms with Gasteiger partial charge in [-0.25, -0.2) is 0 Å². The number of hydrogen-bond donors (Lipinski definition) is 1. The highest BCUT2D eigenvalue weighted by molar-refractivity contribution is 5.43. The smallest absolute Gasteiger partial charge is 0.162 e. The van der Waals surface area contributed by atoms with E-state index in [2.05, 4.69) is 0 Å². The molecule has 0 spiro atoms. The maximum atomic E-state index is 5.84. The summed E-state index contributed by atoms with van der Waals surface area (Å²) < 4.78 is 11.4. The van der Waals surface area contributed by atoms with E-state index < -0.39 is 0 Å². The zero-order valence-corrected chi connectivity index (χ0v) is 11.1. The monoisotopic (exact) mass is 257 g/mol. The fourth-order valence-corrected chi connectivity index (χ4v) is 1.80. The quantitative estimate of drug-likeness (QED) is 0.864.